The number of unbranched alkanes of at least 4 members (excludes halogenated alkanes) is 3. The highest BCUT2D eigenvalue weighted by molar-refractivity contribution is 6.06. The molecule has 2 N–H and O–H groups in total. The molecule has 0 saturated heterocycles. The van der Waals surface area contributed by atoms with Crippen molar-refractivity contribution in [3.63, 3.8) is 0 Å². The van der Waals surface area contributed by atoms with Crippen LogP contribution in [0.5, 0.6) is 5.75 Å². The molecule has 0 fully saturated rings. The molecule has 2 aromatic rings. The van der Waals surface area contributed by atoms with Crippen LogP contribution in [0, 0.1) is 11.3 Å². The summed E-state index contributed by atoms with van der Waals surface area (Å²) in [5, 5.41) is 10.1. The van der Waals surface area contributed by atoms with Crippen molar-refractivity contribution < 1.29 is 23.8 Å². The molecule has 0 amide bonds. The Labute approximate surface area is 211 Å². The molecule has 3 rings (SSSR count). The third kappa shape index (κ3) is 5.52. The smallest absolute Gasteiger partial charge is 0.355 e. The molecule has 0 bridgehead atoms. The van der Waals surface area contributed by atoms with Crippen molar-refractivity contribution in [1.82, 2.24) is 0 Å². The van der Waals surface area contributed by atoms with Crippen LogP contribution in [-0.4, -0.2) is 32.8 Å². The van der Waals surface area contributed by atoms with Gasteiger partial charge in [0, 0.05) is 5.69 Å². The van der Waals surface area contributed by atoms with Crippen LogP contribution in [0.15, 0.2) is 77.3 Å². The van der Waals surface area contributed by atoms with E-state index in [0.29, 0.717) is 23.6 Å². The van der Waals surface area contributed by atoms with Gasteiger partial charge in [0.1, 0.15) is 17.3 Å². The van der Waals surface area contributed by atoms with E-state index in [1.807, 2.05) is 6.07 Å². The first-order valence-electron chi connectivity index (χ1n) is 11.9. The van der Waals surface area contributed by atoms with Crippen molar-refractivity contribution in [2.75, 3.05) is 25.7 Å². The number of hydrogen-bond donors (Lipinski definition) is 1. The normalized spacial score (nSPS) is 15.4. The second-order valence-corrected chi connectivity index (χ2v) is 8.24. The number of nitriles is 1. The maximum absolute atomic E-state index is 13.1. The van der Waals surface area contributed by atoms with E-state index >= 15 is 0 Å². The van der Waals surface area contributed by atoms with Crippen LogP contribution in [0.3, 0.4) is 0 Å². The Balaban J connectivity index is 2.10. The lowest BCUT2D eigenvalue weighted by Gasteiger charge is -2.35. The lowest BCUT2D eigenvalue weighted by atomic mass is 9.81. The molecular formula is C28H31N3O5. The maximum Gasteiger partial charge on any atom is 0.355 e. The van der Waals surface area contributed by atoms with E-state index < -0.39 is 17.9 Å². The van der Waals surface area contributed by atoms with Crippen LogP contribution in [-0.2, 0) is 19.1 Å². The minimum Gasteiger partial charge on any atom is -0.494 e. The average molecular weight is 490 g/mol. The Morgan fingerprint density at radius 2 is 1.64 bits per heavy atom. The minimum absolute atomic E-state index is 0.0210. The van der Waals surface area contributed by atoms with Crippen LogP contribution in [0.2, 0.25) is 0 Å². The van der Waals surface area contributed by atoms with Gasteiger partial charge >= 0.3 is 11.9 Å². The Hall–Kier alpha value is -4.25. The number of rotatable bonds is 10. The highest BCUT2D eigenvalue weighted by atomic mass is 16.5. The summed E-state index contributed by atoms with van der Waals surface area (Å²) in [7, 11) is 2.44. The Kier molecular flexibility index (Phi) is 9.12. The summed E-state index contributed by atoms with van der Waals surface area (Å²) in [4.78, 5) is 27.5. The first kappa shape index (κ1) is 26.4. The van der Waals surface area contributed by atoms with Crippen molar-refractivity contribution in [2.24, 2.45) is 5.73 Å². The van der Waals surface area contributed by atoms with Gasteiger partial charge in [-0.2, -0.15) is 5.26 Å². The molecule has 0 aromatic heterocycles. The van der Waals surface area contributed by atoms with Crippen LogP contribution in [0.1, 0.15) is 44.1 Å². The SMILES string of the molecule is CCCCCCOc1ccc(N2C(N)=C(C#N)C(c3ccccc3)C(C(=O)OC)=C2C(=O)OC)cc1. The third-order valence-electron chi connectivity index (χ3n) is 5.97. The summed E-state index contributed by atoms with van der Waals surface area (Å²) in [6.45, 7) is 2.75. The second-order valence-electron chi connectivity index (χ2n) is 8.24. The summed E-state index contributed by atoms with van der Waals surface area (Å²) in [6.07, 6.45) is 4.38. The van der Waals surface area contributed by atoms with Crippen molar-refractivity contribution in [3.8, 4) is 11.8 Å². The lowest BCUT2D eigenvalue weighted by Crippen LogP contribution is -2.40. The largest absolute Gasteiger partial charge is 0.494 e. The predicted molar refractivity (Wildman–Crippen MR) is 136 cm³/mol. The van der Waals surface area contributed by atoms with E-state index in [1.165, 1.54) is 25.5 Å². The number of nitrogens with two attached hydrogens (primary N) is 1. The van der Waals surface area contributed by atoms with Gasteiger partial charge in [-0.3, -0.25) is 4.90 Å². The number of carbonyl (C=O) groups excluding carboxylic acids is 2. The fourth-order valence-electron chi connectivity index (χ4n) is 4.19. The van der Waals surface area contributed by atoms with Gasteiger partial charge in [-0.15, -0.1) is 0 Å². The number of esters is 2. The number of ether oxygens (including phenoxy) is 3. The second kappa shape index (κ2) is 12.5. The van der Waals surface area contributed by atoms with Crippen molar-refractivity contribution in [1.29, 1.82) is 5.26 Å². The topological polar surface area (TPSA) is 115 Å². The van der Waals surface area contributed by atoms with Crippen molar-refractivity contribution in [3.05, 3.63) is 82.8 Å². The molecule has 0 radical (unpaired) electrons. The molecule has 8 heteroatoms. The molecule has 0 saturated carbocycles. The summed E-state index contributed by atoms with van der Waals surface area (Å²) < 4.78 is 15.9. The summed E-state index contributed by atoms with van der Waals surface area (Å²) in [5.41, 5.74) is 7.56. The van der Waals surface area contributed by atoms with E-state index in [-0.39, 0.29) is 22.7 Å². The molecule has 1 atom stereocenters. The number of benzene rings is 2. The first-order valence-corrected chi connectivity index (χ1v) is 11.9. The quantitative estimate of drug-likeness (QED) is 0.382. The van der Waals surface area contributed by atoms with Gasteiger partial charge in [-0.25, -0.2) is 9.59 Å². The fraction of sp³-hybridized carbons (Fsp3) is 0.321. The minimum atomic E-state index is -0.903. The molecule has 1 unspecified atom stereocenters. The molecule has 1 aliphatic rings. The maximum atomic E-state index is 13.1. The van der Waals surface area contributed by atoms with Crippen LogP contribution < -0.4 is 15.4 Å². The zero-order valence-corrected chi connectivity index (χ0v) is 20.8. The summed E-state index contributed by atoms with van der Waals surface area (Å²) in [6, 6.07) is 18.0. The van der Waals surface area contributed by atoms with Crippen molar-refractivity contribution in [2.45, 2.75) is 38.5 Å². The third-order valence-corrected chi connectivity index (χ3v) is 5.97. The van der Waals surface area contributed by atoms with Gasteiger partial charge in [-0.05, 0) is 36.2 Å². The van der Waals surface area contributed by atoms with Gasteiger partial charge in [0.2, 0.25) is 0 Å². The van der Waals surface area contributed by atoms with Crippen LogP contribution in [0.25, 0.3) is 0 Å². The lowest BCUT2D eigenvalue weighted by molar-refractivity contribution is -0.139. The van der Waals surface area contributed by atoms with Crippen LogP contribution in [0.4, 0.5) is 5.69 Å². The molecule has 188 valence electrons. The molecule has 0 aliphatic carbocycles. The van der Waals surface area contributed by atoms with E-state index in [1.54, 1.807) is 48.5 Å². The zero-order chi connectivity index (χ0) is 26.1. The molecule has 8 nitrogen and oxygen atoms in total. The number of allylic oxidation sites excluding steroid dienone is 1. The Morgan fingerprint density at radius 3 is 2.22 bits per heavy atom. The van der Waals surface area contributed by atoms with E-state index in [0.717, 1.165) is 19.3 Å². The summed E-state index contributed by atoms with van der Waals surface area (Å²) in [5.74, 6) is -1.77. The van der Waals surface area contributed by atoms with Gasteiger partial charge in [-0.1, -0.05) is 56.5 Å². The molecule has 36 heavy (non-hydrogen) atoms. The number of methoxy groups -OCH3 is 2. The highest BCUT2D eigenvalue weighted by Gasteiger charge is 2.42. The molecular weight excluding hydrogens is 458 g/mol. The standard InChI is InChI=1S/C28H31N3O5/c1-4-5-6-10-17-36-21-15-13-20(14-16-21)31-25(28(33)35-3)24(27(32)34-2)23(22(18-29)26(31)30)19-11-8-7-9-12-19/h7-9,11-16,23H,4-6,10,17,30H2,1-3H3. The zero-order valence-electron chi connectivity index (χ0n) is 20.8. The van der Waals surface area contributed by atoms with E-state index in [4.69, 9.17) is 19.9 Å². The fourth-order valence-corrected chi connectivity index (χ4v) is 4.19. The number of carbonyl (C=O) groups is 2. The van der Waals surface area contributed by atoms with Crippen LogP contribution >= 0.6 is 0 Å². The van der Waals surface area contributed by atoms with E-state index in [2.05, 4.69) is 13.0 Å². The molecule has 1 aliphatic heterocycles. The molecule has 2 aromatic carbocycles. The molecule has 0 spiro atoms. The predicted octanol–water partition coefficient (Wildman–Crippen LogP) is 4.54. The van der Waals surface area contributed by atoms with Gasteiger partial charge < -0.3 is 19.9 Å². The molecule has 1 heterocycles. The Morgan fingerprint density at radius 1 is 0.972 bits per heavy atom. The highest BCUT2D eigenvalue weighted by Crippen LogP contribution is 2.43. The van der Waals surface area contributed by atoms with Gasteiger partial charge in [0.15, 0.2) is 0 Å². The number of anilines is 1. The number of nitrogens with zero attached hydrogens (tertiary/aromatic N) is 2. The van der Waals surface area contributed by atoms with Crippen molar-refractivity contribution >= 4 is 17.6 Å². The van der Waals surface area contributed by atoms with Gasteiger partial charge in [0.25, 0.3) is 0 Å². The van der Waals surface area contributed by atoms with E-state index in [9.17, 15) is 14.9 Å². The monoisotopic (exact) mass is 489 g/mol. The Bertz CT molecular complexity index is 1180. The summed E-state index contributed by atoms with van der Waals surface area (Å²) >= 11 is 0. The first-order chi connectivity index (χ1) is 17.5. The van der Waals surface area contributed by atoms with Gasteiger partial charge in [0.05, 0.1) is 44.0 Å². The average Bonchev–Trinajstić information content (AvgIpc) is 2.92. The number of hydrogen-bond acceptors (Lipinski definition) is 8.